The lowest BCUT2D eigenvalue weighted by molar-refractivity contribution is -0.128. The Morgan fingerprint density at radius 2 is 1.71 bits per heavy atom. The van der Waals surface area contributed by atoms with Gasteiger partial charge in [-0.05, 0) is 55.0 Å². The quantitative estimate of drug-likeness (QED) is 0.442. The lowest BCUT2D eigenvalue weighted by Crippen LogP contribution is -2.39. The average Bonchev–Trinajstić information content (AvgIpc) is 3.41. The Morgan fingerprint density at radius 3 is 2.44 bits per heavy atom. The molecule has 0 aliphatic carbocycles. The molecular weight excluding hydrogens is 452 g/mol. The van der Waals surface area contributed by atoms with Gasteiger partial charge in [-0.2, -0.15) is 4.31 Å². The molecule has 180 valence electrons. The number of rotatable bonds is 10. The van der Waals surface area contributed by atoms with Gasteiger partial charge >= 0.3 is 0 Å². The van der Waals surface area contributed by atoms with Crippen molar-refractivity contribution in [3.05, 3.63) is 66.7 Å². The van der Waals surface area contributed by atoms with E-state index in [9.17, 15) is 13.2 Å². The van der Waals surface area contributed by atoms with Crippen LogP contribution in [0.25, 0.3) is 10.8 Å². The van der Waals surface area contributed by atoms with E-state index in [2.05, 4.69) is 5.32 Å². The van der Waals surface area contributed by atoms with E-state index in [1.807, 2.05) is 49.4 Å². The second kappa shape index (κ2) is 10.9. The predicted octanol–water partition coefficient (Wildman–Crippen LogP) is 3.98. The molecule has 1 atom stereocenters. The van der Waals surface area contributed by atoms with Crippen LogP contribution in [0.1, 0.15) is 26.2 Å². The van der Waals surface area contributed by atoms with Gasteiger partial charge in [0.1, 0.15) is 18.1 Å². The van der Waals surface area contributed by atoms with Crippen molar-refractivity contribution in [2.24, 2.45) is 0 Å². The van der Waals surface area contributed by atoms with Crippen LogP contribution in [-0.4, -0.2) is 51.0 Å². The van der Waals surface area contributed by atoms with Crippen LogP contribution in [0.2, 0.25) is 0 Å². The molecule has 1 aliphatic heterocycles. The number of carbonyl (C=O) groups excluding carboxylic acids is 1. The van der Waals surface area contributed by atoms with Crippen molar-refractivity contribution in [1.29, 1.82) is 0 Å². The molecule has 1 amide bonds. The molecule has 7 nitrogen and oxygen atoms in total. The molecule has 0 bridgehead atoms. The van der Waals surface area contributed by atoms with E-state index >= 15 is 0 Å². The first-order valence-corrected chi connectivity index (χ1v) is 13.1. The third-order valence-electron chi connectivity index (χ3n) is 5.88. The average molecular weight is 483 g/mol. The fraction of sp³-hybridized carbons (Fsp3) is 0.346. The van der Waals surface area contributed by atoms with Crippen LogP contribution in [0.15, 0.2) is 71.6 Å². The predicted molar refractivity (Wildman–Crippen MR) is 132 cm³/mol. The summed E-state index contributed by atoms with van der Waals surface area (Å²) < 4.78 is 38.4. The minimum Gasteiger partial charge on any atom is -0.492 e. The molecule has 0 saturated carbocycles. The molecule has 3 aromatic rings. The number of nitrogens with zero attached hydrogens (tertiary/aromatic N) is 1. The molecular formula is C26H30N2O5S. The van der Waals surface area contributed by atoms with Crippen LogP contribution in [0.5, 0.6) is 11.5 Å². The summed E-state index contributed by atoms with van der Waals surface area (Å²) in [5, 5.41) is 4.88. The number of hydrogen-bond acceptors (Lipinski definition) is 5. The highest BCUT2D eigenvalue weighted by atomic mass is 32.2. The zero-order valence-corrected chi connectivity index (χ0v) is 20.1. The van der Waals surface area contributed by atoms with Gasteiger partial charge in [-0.15, -0.1) is 0 Å². The molecule has 0 aromatic heterocycles. The van der Waals surface area contributed by atoms with Crippen LogP contribution in [-0.2, 0) is 14.8 Å². The van der Waals surface area contributed by atoms with Gasteiger partial charge in [-0.25, -0.2) is 8.42 Å². The molecule has 34 heavy (non-hydrogen) atoms. The summed E-state index contributed by atoms with van der Waals surface area (Å²) in [6.45, 7) is 3.62. The maximum Gasteiger partial charge on any atom is 0.261 e. The number of sulfonamides is 1. The van der Waals surface area contributed by atoms with Crippen molar-refractivity contribution >= 4 is 26.7 Å². The van der Waals surface area contributed by atoms with Crippen molar-refractivity contribution in [3.63, 3.8) is 0 Å². The third-order valence-corrected chi connectivity index (χ3v) is 7.79. The molecule has 1 fully saturated rings. The number of nitrogens with one attached hydrogen (secondary N) is 1. The van der Waals surface area contributed by atoms with Crippen LogP contribution < -0.4 is 14.8 Å². The van der Waals surface area contributed by atoms with Crippen LogP contribution in [0.3, 0.4) is 0 Å². The van der Waals surface area contributed by atoms with Crippen LogP contribution in [0, 0.1) is 0 Å². The van der Waals surface area contributed by atoms with Gasteiger partial charge in [0.2, 0.25) is 10.0 Å². The first-order valence-electron chi connectivity index (χ1n) is 11.6. The Balaban J connectivity index is 1.27. The molecule has 0 radical (unpaired) electrons. The largest absolute Gasteiger partial charge is 0.492 e. The fourth-order valence-corrected chi connectivity index (χ4v) is 5.53. The number of amides is 1. The second-order valence-electron chi connectivity index (χ2n) is 8.21. The summed E-state index contributed by atoms with van der Waals surface area (Å²) in [5.41, 5.74) is 0. The molecule has 0 spiro atoms. The van der Waals surface area contributed by atoms with Crippen LogP contribution >= 0.6 is 0 Å². The zero-order valence-electron chi connectivity index (χ0n) is 19.3. The molecule has 4 rings (SSSR count). The minimum atomic E-state index is -3.44. The van der Waals surface area contributed by atoms with E-state index in [-0.39, 0.29) is 17.4 Å². The van der Waals surface area contributed by atoms with Crippen molar-refractivity contribution in [2.45, 2.75) is 37.2 Å². The smallest absolute Gasteiger partial charge is 0.261 e. The Kier molecular flexibility index (Phi) is 7.70. The Morgan fingerprint density at radius 1 is 1.00 bits per heavy atom. The molecule has 3 aromatic carbocycles. The molecule has 8 heteroatoms. The molecule has 1 N–H and O–H groups in total. The van der Waals surface area contributed by atoms with E-state index < -0.39 is 16.1 Å². The maximum atomic E-state index is 12.6. The summed E-state index contributed by atoms with van der Waals surface area (Å²) >= 11 is 0. The fourth-order valence-electron chi connectivity index (χ4n) is 4.02. The van der Waals surface area contributed by atoms with Crippen molar-refractivity contribution in [1.82, 2.24) is 9.62 Å². The lowest BCUT2D eigenvalue weighted by atomic mass is 10.1. The number of benzene rings is 3. The van der Waals surface area contributed by atoms with Gasteiger partial charge in [0, 0.05) is 18.5 Å². The van der Waals surface area contributed by atoms with Crippen molar-refractivity contribution in [2.75, 3.05) is 26.2 Å². The third kappa shape index (κ3) is 5.51. The van der Waals surface area contributed by atoms with E-state index in [0.29, 0.717) is 37.6 Å². The van der Waals surface area contributed by atoms with Crippen LogP contribution in [0.4, 0.5) is 0 Å². The maximum absolute atomic E-state index is 12.6. The summed E-state index contributed by atoms with van der Waals surface area (Å²) in [5.74, 6) is 1.03. The Bertz CT molecular complexity index is 1220. The zero-order chi connectivity index (χ0) is 24.0. The highest BCUT2D eigenvalue weighted by molar-refractivity contribution is 7.89. The first kappa shape index (κ1) is 24.0. The van der Waals surface area contributed by atoms with Gasteiger partial charge in [0.25, 0.3) is 5.91 Å². The minimum absolute atomic E-state index is 0.203. The Labute approximate surface area is 200 Å². The van der Waals surface area contributed by atoms with Gasteiger partial charge in [0.15, 0.2) is 6.10 Å². The van der Waals surface area contributed by atoms with Gasteiger partial charge in [0.05, 0.1) is 11.4 Å². The van der Waals surface area contributed by atoms with E-state index in [4.69, 9.17) is 9.47 Å². The SMILES string of the molecule is CCC(Oc1cccc2ccccc12)C(=O)NCCOc1ccc(S(=O)(=O)N2CCCC2)cc1. The van der Waals surface area contributed by atoms with Gasteiger partial charge in [-0.3, -0.25) is 4.79 Å². The molecule has 1 unspecified atom stereocenters. The van der Waals surface area contributed by atoms with Gasteiger partial charge < -0.3 is 14.8 Å². The first-order chi connectivity index (χ1) is 16.5. The van der Waals surface area contributed by atoms with Gasteiger partial charge in [-0.1, -0.05) is 43.3 Å². The number of fused-ring (bicyclic) bond motifs is 1. The summed E-state index contributed by atoms with van der Waals surface area (Å²) in [7, 11) is -3.44. The summed E-state index contributed by atoms with van der Waals surface area (Å²) in [6.07, 6.45) is 1.72. The molecule has 1 saturated heterocycles. The second-order valence-corrected chi connectivity index (χ2v) is 10.2. The molecule has 1 heterocycles. The normalized spacial score (nSPS) is 15.2. The standard InChI is InChI=1S/C26H30N2O5S/c1-2-24(33-25-11-7-9-20-8-3-4-10-23(20)25)26(29)27-16-19-32-21-12-14-22(15-13-21)34(30,31)28-17-5-6-18-28/h3-4,7-15,24H,2,5-6,16-19H2,1H3,(H,27,29). The van der Waals surface area contributed by atoms with E-state index in [1.54, 1.807) is 24.3 Å². The number of carbonyl (C=O) groups is 1. The monoisotopic (exact) mass is 482 g/mol. The number of ether oxygens (including phenoxy) is 2. The highest BCUT2D eigenvalue weighted by Crippen LogP contribution is 2.26. The number of hydrogen-bond donors (Lipinski definition) is 1. The lowest BCUT2D eigenvalue weighted by Gasteiger charge is -2.18. The van der Waals surface area contributed by atoms with Crippen molar-refractivity contribution < 1.29 is 22.7 Å². The highest BCUT2D eigenvalue weighted by Gasteiger charge is 2.27. The van der Waals surface area contributed by atoms with E-state index in [0.717, 1.165) is 23.6 Å². The van der Waals surface area contributed by atoms with E-state index in [1.165, 1.54) is 4.31 Å². The topological polar surface area (TPSA) is 84.9 Å². The Hall–Kier alpha value is -3.10. The molecule has 1 aliphatic rings. The summed E-state index contributed by atoms with van der Waals surface area (Å²) in [6, 6.07) is 20.1. The summed E-state index contributed by atoms with van der Waals surface area (Å²) in [4.78, 5) is 12.9. The van der Waals surface area contributed by atoms with Crippen molar-refractivity contribution in [3.8, 4) is 11.5 Å².